The van der Waals surface area contributed by atoms with Crippen molar-refractivity contribution in [3.05, 3.63) is 65.7 Å². The first-order chi connectivity index (χ1) is 11.0. The molecule has 0 atom stereocenters. The normalized spacial score (nSPS) is 11.7. The van der Waals surface area contributed by atoms with Crippen molar-refractivity contribution in [1.82, 2.24) is 0 Å². The molecule has 2 rings (SSSR count). The van der Waals surface area contributed by atoms with Gasteiger partial charge in [0.15, 0.2) is 0 Å². The molecule has 0 aromatic heterocycles. The maximum absolute atomic E-state index is 12.0. The predicted molar refractivity (Wildman–Crippen MR) is 91.0 cm³/mol. The molecular weight excluding hydrogens is 312 g/mol. The van der Waals surface area contributed by atoms with Crippen LogP contribution in [0.1, 0.15) is 17.5 Å². The van der Waals surface area contributed by atoms with Gasteiger partial charge in [0.2, 0.25) is 0 Å². The van der Waals surface area contributed by atoms with E-state index in [0.29, 0.717) is 6.42 Å². The first-order valence-corrected chi connectivity index (χ1v) is 8.69. The Morgan fingerprint density at radius 2 is 1.65 bits per heavy atom. The number of rotatable bonds is 7. The van der Waals surface area contributed by atoms with Gasteiger partial charge in [-0.15, -0.1) is 0 Å². The quantitative estimate of drug-likeness (QED) is 0.571. The molecule has 0 heterocycles. The van der Waals surface area contributed by atoms with Crippen molar-refractivity contribution in [3.8, 4) is 5.75 Å². The van der Waals surface area contributed by atoms with Gasteiger partial charge < -0.3 is 4.74 Å². The predicted octanol–water partition coefficient (Wildman–Crippen LogP) is 3.81. The molecular formula is C18H20O4S. The van der Waals surface area contributed by atoms with Crippen molar-refractivity contribution in [1.29, 1.82) is 0 Å². The minimum atomic E-state index is -3.68. The Morgan fingerprint density at radius 3 is 2.26 bits per heavy atom. The Morgan fingerprint density at radius 1 is 1.00 bits per heavy atom. The molecule has 122 valence electrons. The number of hydrogen-bond donors (Lipinski definition) is 0. The minimum absolute atomic E-state index is 0.114. The second-order valence-electron chi connectivity index (χ2n) is 5.05. The zero-order chi connectivity index (χ0) is 16.7. The van der Waals surface area contributed by atoms with Crippen molar-refractivity contribution in [2.24, 2.45) is 0 Å². The third kappa shape index (κ3) is 5.23. The summed E-state index contributed by atoms with van der Waals surface area (Å²) in [5.41, 5.74) is 2.03. The van der Waals surface area contributed by atoms with Crippen LogP contribution in [-0.2, 0) is 14.3 Å². The maximum Gasteiger partial charge on any atom is 0.296 e. The highest BCUT2D eigenvalue weighted by Gasteiger charge is 2.13. The standard InChI is InChI=1S/C18H20O4S/c1-15-6-12-18(13-7-15)23(19,20)22-14-4-3-5-16-8-10-17(21-2)11-9-16/h3,5-13H,4,14H2,1-2H3/b5-3+. The van der Waals surface area contributed by atoms with Gasteiger partial charge in [0, 0.05) is 0 Å². The molecule has 0 aliphatic rings. The van der Waals surface area contributed by atoms with Crippen molar-refractivity contribution < 1.29 is 17.3 Å². The van der Waals surface area contributed by atoms with Crippen LogP contribution in [0.3, 0.4) is 0 Å². The van der Waals surface area contributed by atoms with Crippen molar-refractivity contribution >= 4 is 16.2 Å². The van der Waals surface area contributed by atoms with Gasteiger partial charge in [0.1, 0.15) is 5.75 Å². The summed E-state index contributed by atoms with van der Waals surface area (Å²) in [5, 5.41) is 0. The van der Waals surface area contributed by atoms with Crippen molar-refractivity contribution in [2.75, 3.05) is 13.7 Å². The van der Waals surface area contributed by atoms with E-state index in [1.807, 2.05) is 43.3 Å². The lowest BCUT2D eigenvalue weighted by Crippen LogP contribution is -2.07. The van der Waals surface area contributed by atoms with Crippen molar-refractivity contribution in [3.63, 3.8) is 0 Å². The molecule has 0 saturated heterocycles. The lowest BCUT2D eigenvalue weighted by molar-refractivity contribution is 0.325. The molecule has 0 unspecified atom stereocenters. The fraction of sp³-hybridized carbons (Fsp3) is 0.222. The number of methoxy groups -OCH3 is 1. The Balaban J connectivity index is 1.84. The molecule has 0 amide bonds. The summed E-state index contributed by atoms with van der Waals surface area (Å²) in [6.45, 7) is 2.02. The topological polar surface area (TPSA) is 52.6 Å². The molecule has 0 bridgehead atoms. The number of hydrogen-bond acceptors (Lipinski definition) is 4. The molecule has 0 fully saturated rings. The van der Waals surface area contributed by atoms with E-state index >= 15 is 0 Å². The van der Waals surface area contributed by atoms with Crippen LogP contribution in [0.4, 0.5) is 0 Å². The first kappa shape index (κ1) is 17.2. The third-order valence-electron chi connectivity index (χ3n) is 3.26. The molecule has 23 heavy (non-hydrogen) atoms. The van der Waals surface area contributed by atoms with Crippen LogP contribution in [0.2, 0.25) is 0 Å². The number of ether oxygens (including phenoxy) is 1. The van der Waals surface area contributed by atoms with Gasteiger partial charge >= 0.3 is 0 Å². The molecule has 0 N–H and O–H groups in total. The largest absolute Gasteiger partial charge is 0.497 e. The van der Waals surface area contributed by atoms with Gasteiger partial charge in [-0.1, -0.05) is 42.0 Å². The first-order valence-electron chi connectivity index (χ1n) is 7.28. The Bertz CT molecular complexity index is 745. The van der Waals surface area contributed by atoms with Crippen LogP contribution in [-0.4, -0.2) is 22.1 Å². The molecule has 5 heteroatoms. The van der Waals surface area contributed by atoms with Crippen LogP contribution in [0, 0.1) is 6.92 Å². The summed E-state index contributed by atoms with van der Waals surface area (Å²) in [5.74, 6) is 0.801. The smallest absolute Gasteiger partial charge is 0.296 e. The molecule has 0 saturated carbocycles. The average Bonchev–Trinajstić information content (AvgIpc) is 2.55. The van der Waals surface area contributed by atoms with E-state index in [-0.39, 0.29) is 11.5 Å². The highest BCUT2D eigenvalue weighted by Crippen LogP contribution is 2.14. The summed E-state index contributed by atoms with van der Waals surface area (Å²) in [4.78, 5) is 0.183. The van der Waals surface area contributed by atoms with E-state index in [0.717, 1.165) is 16.9 Å². The van der Waals surface area contributed by atoms with Crippen LogP contribution in [0.15, 0.2) is 59.5 Å². The highest BCUT2D eigenvalue weighted by molar-refractivity contribution is 7.86. The van der Waals surface area contributed by atoms with Gasteiger partial charge in [-0.2, -0.15) is 8.42 Å². The van der Waals surface area contributed by atoms with E-state index in [2.05, 4.69) is 0 Å². The zero-order valence-electron chi connectivity index (χ0n) is 13.2. The Hall–Kier alpha value is -2.11. The lowest BCUT2D eigenvalue weighted by atomic mass is 10.2. The monoisotopic (exact) mass is 332 g/mol. The van der Waals surface area contributed by atoms with E-state index in [1.54, 1.807) is 31.4 Å². The van der Waals surface area contributed by atoms with E-state index in [9.17, 15) is 8.42 Å². The van der Waals surface area contributed by atoms with Gasteiger partial charge in [-0.3, -0.25) is 4.18 Å². The average molecular weight is 332 g/mol. The lowest BCUT2D eigenvalue weighted by Gasteiger charge is -2.04. The highest BCUT2D eigenvalue weighted by atomic mass is 32.2. The molecule has 0 spiro atoms. The van der Waals surface area contributed by atoms with E-state index < -0.39 is 10.1 Å². The van der Waals surface area contributed by atoms with Gasteiger partial charge in [0.25, 0.3) is 10.1 Å². The number of benzene rings is 2. The SMILES string of the molecule is COc1ccc(/C=C/CCOS(=O)(=O)c2ccc(C)cc2)cc1. The Labute approximate surface area is 137 Å². The summed E-state index contributed by atoms with van der Waals surface area (Å²) in [6.07, 6.45) is 4.31. The minimum Gasteiger partial charge on any atom is -0.497 e. The maximum atomic E-state index is 12.0. The van der Waals surface area contributed by atoms with Gasteiger partial charge in [0.05, 0.1) is 18.6 Å². The fourth-order valence-electron chi connectivity index (χ4n) is 1.93. The summed E-state index contributed by atoms with van der Waals surface area (Å²) >= 11 is 0. The van der Waals surface area contributed by atoms with E-state index in [4.69, 9.17) is 8.92 Å². The summed E-state index contributed by atoms with van der Waals surface area (Å²) < 4.78 is 34.1. The van der Waals surface area contributed by atoms with Crippen molar-refractivity contribution in [2.45, 2.75) is 18.2 Å². The van der Waals surface area contributed by atoms with Crippen LogP contribution < -0.4 is 4.74 Å². The molecule has 2 aromatic rings. The fourth-order valence-corrected chi connectivity index (χ4v) is 2.85. The molecule has 4 nitrogen and oxygen atoms in total. The zero-order valence-corrected chi connectivity index (χ0v) is 14.0. The molecule has 0 aliphatic carbocycles. The van der Waals surface area contributed by atoms with Crippen LogP contribution in [0.5, 0.6) is 5.75 Å². The second kappa shape index (κ2) is 7.94. The number of aryl methyl sites for hydroxylation is 1. The Kier molecular flexibility index (Phi) is 5.96. The molecule has 2 aromatic carbocycles. The van der Waals surface area contributed by atoms with Crippen LogP contribution >= 0.6 is 0 Å². The van der Waals surface area contributed by atoms with Gasteiger partial charge in [-0.25, -0.2) is 0 Å². The van der Waals surface area contributed by atoms with E-state index in [1.165, 1.54) is 0 Å². The van der Waals surface area contributed by atoms with Crippen LogP contribution in [0.25, 0.3) is 6.08 Å². The molecule has 0 aliphatic heterocycles. The second-order valence-corrected chi connectivity index (χ2v) is 6.67. The van der Waals surface area contributed by atoms with Gasteiger partial charge in [-0.05, 0) is 43.2 Å². The third-order valence-corrected chi connectivity index (χ3v) is 4.59. The molecule has 0 radical (unpaired) electrons. The summed E-state index contributed by atoms with van der Waals surface area (Å²) in [6, 6.07) is 14.2. The summed E-state index contributed by atoms with van der Waals surface area (Å²) in [7, 11) is -2.06.